The van der Waals surface area contributed by atoms with Crippen LogP contribution in [0.2, 0.25) is 0 Å². The molecule has 0 amide bonds. The molecule has 11 heavy (non-hydrogen) atoms. The molecule has 1 heterocycles. The molecule has 1 heteroatoms. The molecule has 0 fully saturated rings. The van der Waals surface area contributed by atoms with Crippen LogP contribution < -0.4 is 0 Å². The zero-order valence-electron chi connectivity index (χ0n) is 7.98. The molecule has 0 N–H and O–H groups in total. The van der Waals surface area contributed by atoms with Crippen molar-refractivity contribution >= 4 is 0 Å². The van der Waals surface area contributed by atoms with Gasteiger partial charge in [0.25, 0.3) is 0 Å². The maximum Gasteiger partial charge on any atom is 0.103 e. The third-order valence-electron chi connectivity index (χ3n) is 1.49. The van der Waals surface area contributed by atoms with Crippen molar-refractivity contribution in [1.82, 2.24) is 0 Å². The highest BCUT2D eigenvalue weighted by Gasteiger charge is 1.96. The predicted molar refractivity (Wildman–Crippen MR) is 48.8 cm³/mol. The first-order valence-corrected chi connectivity index (χ1v) is 4.37. The van der Waals surface area contributed by atoms with E-state index in [-0.39, 0.29) is 0 Å². The lowest BCUT2D eigenvalue weighted by Crippen LogP contribution is -1.80. The second-order valence-corrected chi connectivity index (χ2v) is 2.25. The average molecular weight is 154 g/mol. The van der Waals surface area contributed by atoms with Crippen molar-refractivity contribution in [2.24, 2.45) is 0 Å². The van der Waals surface area contributed by atoms with E-state index in [1.807, 2.05) is 26.8 Å². The molecule has 0 unspecified atom stereocenters. The van der Waals surface area contributed by atoms with E-state index in [4.69, 9.17) is 4.42 Å². The van der Waals surface area contributed by atoms with Crippen LogP contribution >= 0.6 is 0 Å². The minimum atomic E-state index is 1.07. The quantitative estimate of drug-likeness (QED) is 0.634. The zero-order valence-corrected chi connectivity index (χ0v) is 7.98. The number of furan rings is 1. The maximum absolute atomic E-state index is 5.12. The number of hydrogen-bond acceptors (Lipinski definition) is 1. The highest BCUT2D eigenvalue weighted by molar-refractivity contribution is 5.14. The van der Waals surface area contributed by atoms with Gasteiger partial charge < -0.3 is 4.42 Å². The molecule has 0 bridgehead atoms. The van der Waals surface area contributed by atoms with Crippen LogP contribution in [0.1, 0.15) is 38.5 Å². The number of hydrogen-bond donors (Lipinski definition) is 0. The lowest BCUT2D eigenvalue weighted by atomic mass is 10.1. The third kappa shape index (κ3) is 3.26. The maximum atomic E-state index is 5.12. The molecule has 0 aromatic carbocycles. The van der Waals surface area contributed by atoms with Gasteiger partial charge in [-0.2, -0.15) is 0 Å². The third-order valence-corrected chi connectivity index (χ3v) is 1.49. The Hall–Kier alpha value is -0.720. The van der Waals surface area contributed by atoms with Crippen molar-refractivity contribution in [1.29, 1.82) is 0 Å². The van der Waals surface area contributed by atoms with E-state index in [0.29, 0.717) is 0 Å². The van der Waals surface area contributed by atoms with Gasteiger partial charge in [-0.3, -0.25) is 0 Å². The first-order chi connectivity index (χ1) is 5.34. The molecular formula is C10H18O. The molecule has 0 saturated heterocycles. The SMILES string of the molecule is CC.CCCc1ccoc1C. The van der Waals surface area contributed by atoms with E-state index in [0.717, 1.165) is 12.2 Å². The topological polar surface area (TPSA) is 13.1 Å². The summed E-state index contributed by atoms with van der Waals surface area (Å²) in [5.41, 5.74) is 1.34. The Labute approximate surface area is 69.4 Å². The second kappa shape index (κ2) is 6.02. The molecule has 0 saturated carbocycles. The Balaban J connectivity index is 0.000000461. The van der Waals surface area contributed by atoms with Gasteiger partial charge in [0, 0.05) is 0 Å². The molecule has 0 atom stereocenters. The largest absolute Gasteiger partial charge is 0.469 e. The van der Waals surface area contributed by atoms with Crippen molar-refractivity contribution in [2.75, 3.05) is 0 Å². The monoisotopic (exact) mass is 154 g/mol. The second-order valence-electron chi connectivity index (χ2n) is 2.25. The van der Waals surface area contributed by atoms with Gasteiger partial charge >= 0.3 is 0 Å². The first-order valence-electron chi connectivity index (χ1n) is 4.37. The van der Waals surface area contributed by atoms with Crippen LogP contribution in [-0.2, 0) is 6.42 Å². The van der Waals surface area contributed by atoms with Gasteiger partial charge in [-0.15, -0.1) is 0 Å². The van der Waals surface area contributed by atoms with E-state index in [9.17, 15) is 0 Å². The fourth-order valence-electron chi connectivity index (χ4n) is 0.940. The lowest BCUT2D eigenvalue weighted by molar-refractivity contribution is 0.529. The van der Waals surface area contributed by atoms with Crippen LogP contribution in [0.15, 0.2) is 16.7 Å². The summed E-state index contributed by atoms with van der Waals surface area (Å²) in [5.74, 6) is 1.07. The Kier molecular flexibility index (Phi) is 5.63. The van der Waals surface area contributed by atoms with Gasteiger partial charge in [0.15, 0.2) is 0 Å². The van der Waals surface area contributed by atoms with Crippen molar-refractivity contribution in [2.45, 2.75) is 40.5 Å². The summed E-state index contributed by atoms with van der Waals surface area (Å²) >= 11 is 0. The standard InChI is InChI=1S/C8H12O.C2H6/c1-3-4-8-5-6-9-7(8)2;1-2/h5-6H,3-4H2,1-2H3;1-2H3. The highest BCUT2D eigenvalue weighted by atomic mass is 16.3. The normalized spacial score (nSPS) is 8.73. The Morgan fingerprint density at radius 2 is 2.00 bits per heavy atom. The molecule has 1 nitrogen and oxygen atoms in total. The summed E-state index contributed by atoms with van der Waals surface area (Å²) < 4.78 is 5.12. The average Bonchev–Trinajstić information content (AvgIpc) is 2.42. The molecule has 0 aliphatic heterocycles. The van der Waals surface area contributed by atoms with Gasteiger partial charge in [0.05, 0.1) is 6.26 Å². The smallest absolute Gasteiger partial charge is 0.103 e. The summed E-state index contributed by atoms with van der Waals surface area (Å²) in [6.07, 6.45) is 4.09. The lowest BCUT2D eigenvalue weighted by Gasteiger charge is -1.91. The minimum absolute atomic E-state index is 1.07. The summed E-state index contributed by atoms with van der Waals surface area (Å²) in [7, 11) is 0. The van der Waals surface area contributed by atoms with Crippen molar-refractivity contribution in [3.63, 3.8) is 0 Å². The van der Waals surface area contributed by atoms with Gasteiger partial charge in [-0.1, -0.05) is 27.2 Å². The van der Waals surface area contributed by atoms with Crippen LogP contribution in [0.25, 0.3) is 0 Å². The Morgan fingerprint density at radius 3 is 2.36 bits per heavy atom. The first kappa shape index (κ1) is 10.3. The number of aryl methyl sites for hydroxylation is 2. The molecule has 0 radical (unpaired) electrons. The Bertz CT molecular complexity index is 177. The fourth-order valence-corrected chi connectivity index (χ4v) is 0.940. The molecule has 64 valence electrons. The summed E-state index contributed by atoms with van der Waals surface area (Å²) in [5, 5.41) is 0. The van der Waals surface area contributed by atoms with E-state index in [2.05, 4.69) is 6.92 Å². The van der Waals surface area contributed by atoms with Crippen molar-refractivity contribution in [3.8, 4) is 0 Å². The summed E-state index contributed by atoms with van der Waals surface area (Å²) in [6, 6.07) is 2.04. The molecule has 1 aromatic heterocycles. The molecule has 0 spiro atoms. The van der Waals surface area contributed by atoms with E-state index >= 15 is 0 Å². The molecular weight excluding hydrogens is 136 g/mol. The molecule has 1 aromatic rings. The summed E-state index contributed by atoms with van der Waals surface area (Å²) in [4.78, 5) is 0. The van der Waals surface area contributed by atoms with Crippen molar-refractivity contribution < 1.29 is 4.42 Å². The van der Waals surface area contributed by atoms with Crippen LogP contribution in [0.4, 0.5) is 0 Å². The van der Waals surface area contributed by atoms with Crippen LogP contribution in [0.5, 0.6) is 0 Å². The van der Waals surface area contributed by atoms with Crippen LogP contribution in [-0.4, -0.2) is 0 Å². The van der Waals surface area contributed by atoms with Gasteiger partial charge in [-0.05, 0) is 25.0 Å². The minimum Gasteiger partial charge on any atom is -0.469 e. The van der Waals surface area contributed by atoms with Crippen LogP contribution in [0, 0.1) is 6.92 Å². The van der Waals surface area contributed by atoms with Gasteiger partial charge in [0.1, 0.15) is 5.76 Å². The van der Waals surface area contributed by atoms with Gasteiger partial charge in [0.2, 0.25) is 0 Å². The van der Waals surface area contributed by atoms with Crippen molar-refractivity contribution in [3.05, 3.63) is 23.7 Å². The molecule has 0 aliphatic rings. The zero-order chi connectivity index (χ0) is 8.69. The molecule has 0 aliphatic carbocycles. The van der Waals surface area contributed by atoms with E-state index < -0.39 is 0 Å². The predicted octanol–water partition coefficient (Wildman–Crippen LogP) is 3.57. The fraction of sp³-hybridized carbons (Fsp3) is 0.600. The van der Waals surface area contributed by atoms with Gasteiger partial charge in [-0.25, -0.2) is 0 Å². The summed E-state index contributed by atoms with van der Waals surface area (Å²) in [6.45, 7) is 8.18. The highest BCUT2D eigenvalue weighted by Crippen LogP contribution is 2.09. The Morgan fingerprint density at radius 1 is 1.36 bits per heavy atom. The molecule has 1 rings (SSSR count). The van der Waals surface area contributed by atoms with E-state index in [1.54, 1.807) is 6.26 Å². The van der Waals surface area contributed by atoms with Crippen LogP contribution in [0.3, 0.4) is 0 Å². The number of rotatable bonds is 2. The van der Waals surface area contributed by atoms with E-state index in [1.165, 1.54) is 12.0 Å².